The molecular weight excluding hydrogens is 310 g/mol. The van der Waals surface area contributed by atoms with Gasteiger partial charge in [0.15, 0.2) is 0 Å². The maximum absolute atomic E-state index is 11.0. The fourth-order valence-electron chi connectivity index (χ4n) is 2.37. The lowest BCUT2D eigenvalue weighted by atomic mass is 10.1. The number of benzene rings is 2. The number of hydrogen-bond acceptors (Lipinski definition) is 5. The van der Waals surface area contributed by atoms with E-state index in [9.17, 15) is 14.9 Å². The first-order valence-corrected chi connectivity index (χ1v) is 7.41. The molecule has 0 aromatic heterocycles. The first-order chi connectivity index (χ1) is 11.6. The monoisotopic (exact) mass is 325 g/mol. The summed E-state index contributed by atoms with van der Waals surface area (Å²) < 4.78 is 4.86. The molecule has 1 aliphatic heterocycles. The molecule has 1 N–H and O–H groups in total. The molecule has 1 heterocycles. The molecule has 1 fully saturated rings. The molecule has 24 heavy (non-hydrogen) atoms. The van der Waals surface area contributed by atoms with E-state index in [0.717, 1.165) is 16.8 Å². The van der Waals surface area contributed by atoms with E-state index >= 15 is 0 Å². The second kappa shape index (κ2) is 6.91. The van der Waals surface area contributed by atoms with Gasteiger partial charge in [-0.05, 0) is 41.8 Å². The SMILES string of the molecule is O=C1NC(Cc2ccc(N=Cc3ccc([N+](=O)[O-])cc3)cc2)CO1. The van der Waals surface area contributed by atoms with Crippen LogP contribution in [0.5, 0.6) is 0 Å². The smallest absolute Gasteiger partial charge is 0.407 e. The highest BCUT2D eigenvalue weighted by atomic mass is 16.6. The first kappa shape index (κ1) is 15.7. The Balaban J connectivity index is 1.61. The molecule has 1 saturated heterocycles. The fraction of sp³-hybridized carbons (Fsp3) is 0.176. The van der Waals surface area contributed by atoms with Crippen molar-refractivity contribution >= 4 is 23.7 Å². The van der Waals surface area contributed by atoms with Gasteiger partial charge < -0.3 is 10.1 Å². The van der Waals surface area contributed by atoms with Crippen molar-refractivity contribution in [3.05, 3.63) is 69.8 Å². The normalized spacial score (nSPS) is 16.8. The minimum absolute atomic E-state index is 0.00645. The standard InChI is InChI=1S/C17H15N3O4/c21-17-19-15(11-24-17)9-12-1-5-14(6-2-12)18-10-13-3-7-16(8-4-13)20(22)23/h1-8,10,15H,9,11H2,(H,19,21). The molecule has 2 aromatic rings. The van der Waals surface area contributed by atoms with Gasteiger partial charge in [-0.15, -0.1) is 0 Å². The first-order valence-electron chi connectivity index (χ1n) is 7.41. The summed E-state index contributed by atoms with van der Waals surface area (Å²) in [5.41, 5.74) is 2.71. The van der Waals surface area contributed by atoms with Crippen LogP contribution in [0.2, 0.25) is 0 Å². The maximum atomic E-state index is 11.0. The van der Waals surface area contributed by atoms with Crippen molar-refractivity contribution in [3.8, 4) is 0 Å². The number of alkyl carbamates (subject to hydrolysis) is 1. The van der Waals surface area contributed by atoms with Gasteiger partial charge in [-0.2, -0.15) is 0 Å². The fourth-order valence-corrected chi connectivity index (χ4v) is 2.37. The molecule has 1 amide bonds. The number of rotatable bonds is 5. The number of nitrogens with one attached hydrogen (secondary N) is 1. The zero-order valence-electron chi connectivity index (χ0n) is 12.7. The topological polar surface area (TPSA) is 93.8 Å². The predicted molar refractivity (Wildman–Crippen MR) is 88.8 cm³/mol. The van der Waals surface area contributed by atoms with E-state index in [4.69, 9.17) is 4.74 Å². The molecule has 0 radical (unpaired) electrons. The summed E-state index contributed by atoms with van der Waals surface area (Å²) in [4.78, 5) is 25.5. The molecule has 0 aliphatic carbocycles. The van der Waals surface area contributed by atoms with Crippen molar-refractivity contribution in [2.45, 2.75) is 12.5 Å². The summed E-state index contributed by atoms with van der Waals surface area (Å²) >= 11 is 0. The van der Waals surface area contributed by atoms with Crippen molar-refractivity contribution in [3.63, 3.8) is 0 Å². The summed E-state index contributed by atoms with van der Waals surface area (Å²) in [5, 5.41) is 13.3. The average Bonchev–Trinajstić information content (AvgIpc) is 2.99. The zero-order valence-corrected chi connectivity index (χ0v) is 12.7. The summed E-state index contributed by atoms with van der Waals surface area (Å²) in [6.07, 6.45) is 1.99. The van der Waals surface area contributed by atoms with Crippen molar-refractivity contribution in [1.82, 2.24) is 5.32 Å². The zero-order chi connectivity index (χ0) is 16.9. The quantitative estimate of drug-likeness (QED) is 0.519. The van der Waals surface area contributed by atoms with Gasteiger partial charge in [0.2, 0.25) is 0 Å². The molecule has 0 spiro atoms. The third kappa shape index (κ3) is 3.95. The molecule has 7 heteroatoms. The Kier molecular flexibility index (Phi) is 4.51. The molecule has 0 bridgehead atoms. The largest absolute Gasteiger partial charge is 0.447 e. The van der Waals surface area contributed by atoms with Crippen LogP contribution in [-0.2, 0) is 11.2 Å². The predicted octanol–water partition coefficient (Wildman–Crippen LogP) is 3.00. The van der Waals surface area contributed by atoms with Crippen LogP contribution in [0.25, 0.3) is 0 Å². The molecule has 2 aromatic carbocycles. The van der Waals surface area contributed by atoms with Crippen molar-refractivity contribution < 1.29 is 14.5 Å². The highest BCUT2D eigenvalue weighted by Crippen LogP contribution is 2.16. The van der Waals surface area contributed by atoms with E-state index in [1.165, 1.54) is 12.1 Å². The molecule has 7 nitrogen and oxygen atoms in total. The van der Waals surface area contributed by atoms with Gasteiger partial charge >= 0.3 is 6.09 Å². The van der Waals surface area contributed by atoms with Gasteiger partial charge in [0.05, 0.1) is 16.7 Å². The van der Waals surface area contributed by atoms with Crippen LogP contribution in [0, 0.1) is 10.1 Å². The minimum Gasteiger partial charge on any atom is -0.447 e. The van der Waals surface area contributed by atoms with Crippen LogP contribution in [0.3, 0.4) is 0 Å². The van der Waals surface area contributed by atoms with Gasteiger partial charge in [-0.3, -0.25) is 15.1 Å². The van der Waals surface area contributed by atoms with E-state index in [2.05, 4.69) is 10.3 Å². The second-order valence-electron chi connectivity index (χ2n) is 5.42. The molecule has 1 aliphatic rings. The number of hydrogen-bond donors (Lipinski definition) is 1. The third-order valence-corrected chi connectivity index (χ3v) is 3.62. The van der Waals surface area contributed by atoms with E-state index in [0.29, 0.717) is 13.0 Å². The Morgan fingerprint density at radius 2 is 1.92 bits per heavy atom. The number of nitrogens with zero attached hydrogens (tertiary/aromatic N) is 2. The van der Waals surface area contributed by atoms with E-state index in [1.54, 1.807) is 18.3 Å². The van der Waals surface area contributed by atoms with Crippen LogP contribution >= 0.6 is 0 Å². The summed E-state index contributed by atoms with van der Waals surface area (Å²) in [6.45, 7) is 0.388. The van der Waals surface area contributed by atoms with Crippen LogP contribution in [0.15, 0.2) is 53.5 Å². The van der Waals surface area contributed by atoms with Crippen molar-refractivity contribution in [1.29, 1.82) is 0 Å². The number of amides is 1. The highest BCUT2D eigenvalue weighted by molar-refractivity contribution is 5.82. The lowest BCUT2D eigenvalue weighted by molar-refractivity contribution is -0.384. The Morgan fingerprint density at radius 3 is 2.50 bits per heavy atom. The Morgan fingerprint density at radius 1 is 1.21 bits per heavy atom. The van der Waals surface area contributed by atoms with Crippen LogP contribution < -0.4 is 5.32 Å². The van der Waals surface area contributed by atoms with Gasteiger partial charge in [0.25, 0.3) is 5.69 Å². The van der Waals surface area contributed by atoms with E-state index in [1.807, 2.05) is 24.3 Å². The maximum Gasteiger partial charge on any atom is 0.407 e. The van der Waals surface area contributed by atoms with E-state index in [-0.39, 0.29) is 17.8 Å². The van der Waals surface area contributed by atoms with Crippen LogP contribution in [-0.4, -0.2) is 29.9 Å². The molecule has 1 atom stereocenters. The number of nitro benzene ring substituents is 1. The molecule has 3 rings (SSSR count). The van der Waals surface area contributed by atoms with Gasteiger partial charge in [0, 0.05) is 18.3 Å². The molecular formula is C17H15N3O4. The number of carbonyl (C=O) groups is 1. The van der Waals surface area contributed by atoms with Gasteiger partial charge in [0.1, 0.15) is 6.61 Å². The van der Waals surface area contributed by atoms with Crippen LogP contribution in [0.4, 0.5) is 16.2 Å². The van der Waals surface area contributed by atoms with Crippen LogP contribution in [0.1, 0.15) is 11.1 Å². The lowest BCUT2D eigenvalue weighted by Gasteiger charge is -2.07. The number of non-ortho nitro benzene ring substituents is 1. The van der Waals surface area contributed by atoms with Crippen molar-refractivity contribution in [2.75, 3.05) is 6.61 Å². The lowest BCUT2D eigenvalue weighted by Crippen LogP contribution is -2.28. The average molecular weight is 325 g/mol. The second-order valence-corrected chi connectivity index (χ2v) is 5.42. The Bertz CT molecular complexity index is 769. The minimum atomic E-state index is -0.433. The molecule has 0 saturated carbocycles. The highest BCUT2D eigenvalue weighted by Gasteiger charge is 2.21. The summed E-state index contributed by atoms with van der Waals surface area (Å²) in [6, 6.07) is 13.9. The van der Waals surface area contributed by atoms with Gasteiger partial charge in [-0.25, -0.2) is 4.79 Å². The third-order valence-electron chi connectivity index (χ3n) is 3.62. The van der Waals surface area contributed by atoms with Gasteiger partial charge in [-0.1, -0.05) is 12.1 Å². The molecule has 1 unspecified atom stereocenters. The van der Waals surface area contributed by atoms with E-state index < -0.39 is 4.92 Å². The summed E-state index contributed by atoms with van der Waals surface area (Å²) in [7, 11) is 0. The Hall–Kier alpha value is -3.22. The molecule has 122 valence electrons. The number of aliphatic imine (C=N–C) groups is 1. The Labute approximate surface area is 138 Å². The number of carbonyl (C=O) groups excluding carboxylic acids is 1. The number of nitro groups is 1. The van der Waals surface area contributed by atoms with Crippen molar-refractivity contribution in [2.24, 2.45) is 4.99 Å². The summed E-state index contributed by atoms with van der Waals surface area (Å²) in [5.74, 6) is 0. The number of ether oxygens (including phenoxy) is 1. The number of cyclic esters (lactones) is 1.